The van der Waals surface area contributed by atoms with Crippen LogP contribution in [-0.2, 0) is 17.8 Å². The molecule has 0 bridgehead atoms. The number of hydrogen-bond acceptors (Lipinski definition) is 4. The summed E-state index contributed by atoms with van der Waals surface area (Å²) in [7, 11) is 0. The summed E-state index contributed by atoms with van der Waals surface area (Å²) in [6, 6.07) is 2.23. The zero-order chi connectivity index (χ0) is 13.8. The van der Waals surface area contributed by atoms with Gasteiger partial charge in [-0.05, 0) is 42.8 Å². The van der Waals surface area contributed by atoms with Crippen molar-refractivity contribution in [2.45, 2.75) is 25.8 Å². The van der Waals surface area contributed by atoms with Gasteiger partial charge >= 0.3 is 0 Å². The molecule has 3 rings (SSSR count). The average molecular weight is 293 g/mol. The van der Waals surface area contributed by atoms with Gasteiger partial charge in [0.25, 0.3) is 0 Å². The van der Waals surface area contributed by atoms with Crippen LogP contribution in [0.4, 0.5) is 0 Å². The van der Waals surface area contributed by atoms with Gasteiger partial charge in [-0.2, -0.15) is 0 Å². The number of rotatable bonds is 4. The highest BCUT2D eigenvalue weighted by Gasteiger charge is 2.21. The Balaban J connectivity index is 1.39. The smallest absolute Gasteiger partial charge is 0.224 e. The second kappa shape index (κ2) is 6.70. The Bertz CT molecular complexity index is 454. The zero-order valence-electron chi connectivity index (χ0n) is 11.9. The number of hydrogen-bond donors (Lipinski definition) is 2. The highest BCUT2D eigenvalue weighted by atomic mass is 32.1. The molecule has 3 heterocycles. The second-order valence-corrected chi connectivity index (χ2v) is 6.73. The molecular weight excluding hydrogens is 270 g/mol. The summed E-state index contributed by atoms with van der Waals surface area (Å²) in [5.41, 5.74) is 1.48. The summed E-state index contributed by atoms with van der Waals surface area (Å²) >= 11 is 1.87. The third-order valence-corrected chi connectivity index (χ3v) is 5.30. The first-order valence-corrected chi connectivity index (χ1v) is 8.47. The molecule has 1 atom stereocenters. The molecule has 1 saturated heterocycles. The predicted molar refractivity (Wildman–Crippen MR) is 81.9 cm³/mol. The van der Waals surface area contributed by atoms with E-state index < -0.39 is 0 Å². The van der Waals surface area contributed by atoms with Crippen molar-refractivity contribution in [3.05, 3.63) is 21.9 Å². The number of fused-ring (bicyclic) bond motifs is 1. The van der Waals surface area contributed by atoms with Gasteiger partial charge in [0.2, 0.25) is 5.91 Å². The fraction of sp³-hybridized carbons (Fsp3) is 0.667. The van der Waals surface area contributed by atoms with Crippen molar-refractivity contribution in [3.63, 3.8) is 0 Å². The highest BCUT2D eigenvalue weighted by molar-refractivity contribution is 7.10. The van der Waals surface area contributed by atoms with Crippen molar-refractivity contribution in [1.29, 1.82) is 0 Å². The Morgan fingerprint density at radius 3 is 3.35 bits per heavy atom. The Labute approximate surface area is 124 Å². The van der Waals surface area contributed by atoms with E-state index in [9.17, 15) is 4.79 Å². The molecule has 1 unspecified atom stereocenters. The molecule has 0 saturated carbocycles. The first-order valence-electron chi connectivity index (χ1n) is 7.59. The van der Waals surface area contributed by atoms with Gasteiger partial charge in [0, 0.05) is 37.6 Å². The number of thiophene rings is 1. The molecule has 5 heteroatoms. The summed E-state index contributed by atoms with van der Waals surface area (Å²) in [5, 5.41) is 8.58. The fourth-order valence-corrected chi connectivity index (χ4v) is 3.94. The maximum absolute atomic E-state index is 12.0. The van der Waals surface area contributed by atoms with Crippen LogP contribution < -0.4 is 10.6 Å². The van der Waals surface area contributed by atoms with Crippen molar-refractivity contribution in [2.24, 2.45) is 5.92 Å². The molecule has 1 amide bonds. The van der Waals surface area contributed by atoms with E-state index >= 15 is 0 Å². The first-order chi connectivity index (χ1) is 9.83. The van der Waals surface area contributed by atoms with E-state index in [1.165, 1.54) is 5.56 Å². The minimum absolute atomic E-state index is 0.175. The van der Waals surface area contributed by atoms with Crippen LogP contribution in [0.2, 0.25) is 0 Å². The number of piperidine rings is 1. The van der Waals surface area contributed by atoms with Gasteiger partial charge in [-0.25, -0.2) is 0 Å². The molecule has 1 fully saturated rings. The Morgan fingerprint density at radius 2 is 2.50 bits per heavy atom. The molecule has 20 heavy (non-hydrogen) atoms. The van der Waals surface area contributed by atoms with Crippen LogP contribution in [0.5, 0.6) is 0 Å². The monoisotopic (exact) mass is 293 g/mol. The lowest BCUT2D eigenvalue weighted by molar-refractivity contribution is -0.125. The minimum atomic E-state index is 0.175. The van der Waals surface area contributed by atoms with E-state index in [2.05, 4.69) is 27.0 Å². The van der Waals surface area contributed by atoms with E-state index in [1.807, 2.05) is 11.3 Å². The molecular formula is C15H23N3OS. The summed E-state index contributed by atoms with van der Waals surface area (Å²) in [5.74, 6) is 0.402. The van der Waals surface area contributed by atoms with Crippen molar-refractivity contribution in [3.8, 4) is 0 Å². The third kappa shape index (κ3) is 3.40. The van der Waals surface area contributed by atoms with Gasteiger partial charge in [-0.15, -0.1) is 11.3 Å². The highest BCUT2D eigenvalue weighted by Crippen LogP contribution is 2.23. The molecule has 0 aromatic carbocycles. The summed E-state index contributed by atoms with van der Waals surface area (Å²) in [6.45, 7) is 5.79. The van der Waals surface area contributed by atoms with E-state index in [-0.39, 0.29) is 11.8 Å². The summed E-state index contributed by atoms with van der Waals surface area (Å²) in [4.78, 5) is 16.0. The minimum Gasteiger partial charge on any atom is -0.355 e. The lowest BCUT2D eigenvalue weighted by Crippen LogP contribution is -2.43. The largest absolute Gasteiger partial charge is 0.355 e. The van der Waals surface area contributed by atoms with Crippen LogP contribution in [0.1, 0.15) is 23.3 Å². The summed E-state index contributed by atoms with van der Waals surface area (Å²) in [6.07, 6.45) is 3.31. The van der Waals surface area contributed by atoms with Crippen LogP contribution in [0.15, 0.2) is 11.4 Å². The molecule has 0 radical (unpaired) electrons. The van der Waals surface area contributed by atoms with Crippen molar-refractivity contribution < 1.29 is 4.79 Å². The predicted octanol–water partition coefficient (Wildman–Crippen LogP) is 1.22. The van der Waals surface area contributed by atoms with Gasteiger partial charge in [0.05, 0.1) is 5.92 Å². The maximum Gasteiger partial charge on any atom is 0.224 e. The van der Waals surface area contributed by atoms with Crippen LogP contribution >= 0.6 is 11.3 Å². The maximum atomic E-state index is 12.0. The molecule has 2 aliphatic rings. The van der Waals surface area contributed by atoms with Crippen LogP contribution in [-0.4, -0.2) is 43.5 Å². The van der Waals surface area contributed by atoms with Gasteiger partial charge in [0.15, 0.2) is 0 Å². The van der Waals surface area contributed by atoms with Crippen molar-refractivity contribution >= 4 is 17.2 Å². The van der Waals surface area contributed by atoms with Gasteiger partial charge < -0.3 is 10.6 Å². The Kier molecular flexibility index (Phi) is 4.70. The average Bonchev–Trinajstić information content (AvgIpc) is 2.95. The number of nitrogens with one attached hydrogen (secondary N) is 2. The van der Waals surface area contributed by atoms with Crippen LogP contribution in [0.25, 0.3) is 0 Å². The molecule has 1 aromatic heterocycles. The van der Waals surface area contributed by atoms with Crippen molar-refractivity contribution in [1.82, 2.24) is 15.5 Å². The quantitative estimate of drug-likeness (QED) is 0.877. The second-order valence-electron chi connectivity index (χ2n) is 5.73. The topological polar surface area (TPSA) is 44.4 Å². The molecule has 2 N–H and O–H groups in total. The van der Waals surface area contributed by atoms with E-state index in [0.29, 0.717) is 0 Å². The van der Waals surface area contributed by atoms with Crippen LogP contribution in [0, 0.1) is 5.92 Å². The Hall–Kier alpha value is -0.910. The number of amides is 1. The lowest BCUT2D eigenvalue weighted by atomic mass is 9.99. The standard InChI is InChI=1S/C15H23N3OS/c19-15(12-2-1-5-16-10-12)17-6-8-18-7-3-14-13(11-18)4-9-20-14/h4,9,12,16H,1-3,5-8,10-11H2,(H,17,19). The van der Waals surface area contributed by atoms with E-state index in [1.54, 1.807) is 4.88 Å². The van der Waals surface area contributed by atoms with E-state index in [4.69, 9.17) is 0 Å². The molecule has 0 aliphatic carbocycles. The fourth-order valence-electron chi connectivity index (χ4n) is 3.05. The summed E-state index contributed by atoms with van der Waals surface area (Å²) < 4.78 is 0. The lowest BCUT2D eigenvalue weighted by Gasteiger charge is -2.27. The van der Waals surface area contributed by atoms with Gasteiger partial charge in [0.1, 0.15) is 0 Å². The van der Waals surface area contributed by atoms with Crippen molar-refractivity contribution in [2.75, 3.05) is 32.7 Å². The third-order valence-electron chi connectivity index (χ3n) is 4.28. The van der Waals surface area contributed by atoms with Crippen LogP contribution in [0.3, 0.4) is 0 Å². The van der Waals surface area contributed by atoms with Gasteiger partial charge in [-0.1, -0.05) is 0 Å². The normalized spacial score (nSPS) is 23.3. The molecule has 2 aliphatic heterocycles. The first kappa shape index (κ1) is 14.0. The molecule has 110 valence electrons. The molecule has 0 spiro atoms. The molecule has 4 nitrogen and oxygen atoms in total. The Morgan fingerprint density at radius 1 is 1.55 bits per heavy atom. The van der Waals surface area contributed by atoms with Gasteiger partial charge in [-0.3, -0.25) is 9.69 Å². The number of carbonyl (C=O) groups excluding carboxylic acids is 1. The SMILES string of the molecule is O=C(NCCN1CCc2sccc2C1)C1CCCNC1. The number of carbonyl (C=O) groups is 1. The number of nitrogens with zero attached hydrogens (tertiary/aromatic N) is 1. The molecule has 1 aromatic rings. The van der Waals surface area contributed by atoms with E-state index in [0.717, 1.165) is 58.5 Å². The zero-order valence-corrected chi connectivity index (χ0v) is 12.7.